The lowest BCUT2D eigenvalue weighted by atomic mass is 10.1. The molecule has 0 aliphatic carbocycles. The third-order valence-corrected chi connectivity index (χ3v) is 4.82. The highest BCUT2D eigenvalue weighted by molar-refractivity contribution is 7.80. The number of carbonyl (C=O) groups excluding carboxylic acids is 1. The Balaban J connectivity index is 2.38. The van der Waals surface area contributed by atoms with Gasteiger partial charge in [-0.05, 0) is 30.8 Å². The number of halogens is 3. The molecule has 1 amide bonds. The maximum absolute atomic E-state index is 12.2. The predicted molar refractivity (Wildman–Crippen MR) is 121 cm³/mol. The van der Waals surface area contributed by atoms with E-state index in [2.05, 4.69) is 22.9 Å². The zero-order valence-corrected chi connectivity index (χ0v) is 18.7. The molecule has 0 saturated heterocycles. The van der Waals surface area contributed by atoms with E-state index in [9.17, 15) is 4.79 Å². The molecule has 152 valence electrons. The van der Waals surface area contributed by atoms with Crippen molar-refractivity contribution in [2.24, 2.45) is 0 Å². The summed E-state index contributed by atoms with van der Waals surface area (Å²) in [5, 5.41) is 8.81. The van der Waals surface area contributed by atoms with Gasteiger partial charge in [-0.15, -0.1) is 0 Å². The van der Waals surface area contributed by atoms with Crippen LogP contribution in [0.5, 0.6) is 0 Å². The normalized spacial score (nSPS) is 12.3. The molecule has 4 nitrogen and oxygen atoms in total. The molecule has 1 atom stereocenters. The minimum atomic E-state index is -1.74. The second kappa shape index (κ2) is 13.4. The largest absolute Gasteiger partial charge is 0.339 e. The van der Waals surface area contributed by atoms with Crippen LogP contribution in [-0.4, -0.2) is 21.0 Å². The van der Waals surface area contributed by atoms with Crippen molar-refractivity contribution >= 4 is 63.7 Å². The summed E-state index contributed by atoms with van der Waals surface area (Å²) in [5.74, 6) is -0.171. The van der Waals surface area contributed by atoms with Gasteiger partial charge < -0.3 is 16.0 Å². The van der Waals surface area contributed by atoms with Crippen molar-refractivity contribution in [2.45, 2.75) is 68.2 Å². The van der Waals surface area contributed by atoms with Crippen molar-refractivity contribution in [2.75, 3.05) is 5.32 Å². The number of hydrogen-bond acceptors (Lipinski definition) is 2. The van der Waals surface area contributed by atoms with Crippen LogP contribution in [0.2, 0.25) is 0 Å². The second-order valence-electron chi connectivity index (χ2n) is 6.38. The summed E-state index contributed by atoms with van der Waals surface area (Å²) in [5.41, 5.74) is 0.799. The van der Waals surface area contributed by atoms with Crippen LogP contribution < -0.4 is 16.0 Å². The number of rotatable bonds is 11. The van der Waals surface area contributed by atoms with Gasteiger partial charge in [0.05, 0.1) is 0 Å². The highest BCUT2D eigenvalue weighted by atomic mass is 35.6. The van der Waals surface area contributed by atoms with Gasteiger partial charge in [-0.1, -0.05) is 98.5 Å². The predicted octanol–water partition coefficient (Wildman–Crippen LogP) is 5.93. The molecule has 1 unspecified atom stereocenters. The Bertz CT molecular complexity index is 567. The Morgan fingerprint density at radius 2 is 1.59 bits per heavy atom. The number of nitrogens with one attached hydrogen (secondary N) is 3. The van der Waals surface area contributed by atoms with Crippen molar-refractivity contribution in [1.82, 2.24) is 10.6 Å². The lowest BCUT2D eigenvalue weighted by molar-refractivity contribution is -0.122. The van der Waals surface area contributed by atoms with Crippen molar-refractivity contribution in [3.8, 4) is 0 Å². The number of unbranched alkanes of at least 4 members (excludes halogenated alkanes) is 6. The van der Waals surface area contributed by atoms with Gasteiger partial charge in [-0.25, -0.2) is 0 Å². The first-order chi connectivity index (χ1) is 12.8. The molecule has 1 aromatic rings. The molecule has 0 bridgehead atoms. The SMILES string of the molecule is CCCCCCCCCC(=O)NC(NC(=S)Nc1ccccc1)C(Cl)(Cl)Cl. The molecule has 0 aliphatic rings. The standard InChI is InChI=1S/C19H28Cl3N3OS/c1-2-3-4-5-6-7-11-14-16(26)24-17(19(20,21)22)25-18(27)23-15-12-9-8-10-13-15/h8-10,12-13,17H,2-7,11,14H2,1H3,(H,24,26)(H2,23,25,27). The third kappa shape index (κ3) is 11.6. The van der Waals surface area contributed by atoms with E-state index in [4.69, 9.17) is 47.0 Å². The highest BCUT2D eigenvalue weighted by Crippen LogP contribution is 2.29. The molecule has 0 saturated carbocycles. The van der Waals surface area contributed by atoms with Gasteiger partial charge in [0.1, 0.15) is 6.17 Å². The molecule has 0 heterocycles. The summed E-state index contributed by atoms with van der Waals surface area (Å²) in [6, 6.07) is 9.37. The van der Waals surface area contributed by atoms with Crippen LogP contribution in [0, 0.1) is 0 Å². The zero-order valence-electron chi connectivity index (χ0n) is 15.6. The van der Waals surface area contributed by atoms with E-state index >= 15 is 0 Å². The van der Waals surface area contributed by atoms with E-state index in [1.807, 2.05) is 30.3 Å². The molecule has 0 radical (unpaired) electrons. The number of para-hydroxylation sites is 1. The van der Waals surface area contributed by atoms with Gasteiger partial charge in [-0.3, -0.25) is 4.79 Å². The maximum Gasteiger partial charge on any atom is 0.228 e. The molecule has 0 aliphatic heterocycles. The first kappa shape index (κ1) is 24.3. The maximum atomic E-state index is 12.2. The summed E-state index contributed by atoms with van der Waals surface area (Å²) in [4.78, 5) is 12.2. The van der Waals surface area contributed by atoms with Crippen LogP contribution in [0.4, 0.5) is 5.69 Å². The first-order valence-electron chi connectivity index (χ1n) is 9.31. The number of alkyl halides is 3. The Labute approximate surface area is 182 Å². The van der Waals surface area contributed by atoms with Crippen LogP contribution in [0.15, 0.2) is 30.3 Å². The quantitative estimate of drug-likeness (QED) is 0.169. The minimum absolute atomic E-state index is 0.171. The van der Waals surface area contributed by atoms with Crippen LogP contribution >= 0.6 is 47.0 Å². The summed E-state index contributed by atoms with van der Waals surface area (Å²) >= 11 is 23.2. The number of carbonyl (C=O) groups is 1. The average Bonchev–Trinajstić information content (AvgIpc) is 2.60. The molecule has 0 aromatic heterocycles. The van der Waals surface area contributed by atoms with Gasteiger partial charge in [0, 0.05) is 12.1 Å². The van der Waals surface area contributed by atoms with E-state index in [1.165, 1.54) is 25.7 Å². The van der Waals surface area contributed by atoms with E-state index in [-0.39, 0.29) is 11.0 Å². The van der Waals surface area contributed by atoms with Gasteiger partial charge in [-0.2, -0.15) is 0 Å². The van der Waals surface area contributed by atoms with Crippen LogP contribution in [-0.2, 0) is 4.79 Å². The smallest absolute Gasteiger partial charge is 0.228 e. The topological polar surface area (TPSA) is 53.2 Å². The molecule has 8 heteroatoms. The molecule has 27 heavy (non-hydrogen) atoms. The fourth-order valence-corrected chi connectivity index (χ4v) is 3.06. The molecule has 0 fully saturated rings. The molecule has 3 N–H and O–H groups in total. The summed E-state index contributed by atoms with van der Waals surface area (Å²) in [7, 11) is 0. The average molecular weight is 453 g/mol. The van der Waals surface area contributed by atoms with Crippen molar-refractivity contribution < 1.29 is 4.79 Å². The highest BCUT2D eigenvalue weighted by Gasteiger charge is 2.34. The van der Waals surface area contributed by atoms with E-state index in [0.29, 0.717) is 6.42 Å². The summed E-state index contributed by atoms with van der Waals surface area (Å²) in [6.07, 6.45) is 7.43. The Kier molecular flexibility index (Phi) is 12.1. The van der Waals surface area contributed by atoms with Crippen LogP contribution in [0.1, 0.15) is 58.3 Å². The van der Waals surface area contributed by atoms with Crippen molar-refractivity contribution in [1.29, 1.82) is 0 Å². The van der Waals surface area contributed by atoms with E-state index in [0.717, 1.165) is 24.9 Å². The lowest BCUT2D eigenvalue weighted by Crippen LogP contribution is -2.56. The molecule has 0 spiro atoms. The van der Waals surface area contributed by atoms with Crippen LogP contribution in [0.25, 0.3) is 0 Å². The number of anilines is 1. The van der Waals surface area contributed by atoms with Crippen LogP contribution in [0.3, 0.4) is 0 Å². The third-order valence-electron chi connectivity index (χ3n) is 3.95. The van der Waals surface area contributed by atoms with E-state index in [1.54, 1.807) is 0 Å². The Morgan fingerprint density at radius 3 is 2.19 bits per heavy atom. The Morgan fingerprint density at radius 1 is 1.00 bits per heavy atom. The monoisotopic (exact) mass is 451 g/mol. The van der Waals surface area contributed by atoms with E-state index < -0.39 is 9.96 Å². The molecule has 1 rings (SSSR count). The number of benzene rings is 1. The lowest BCUT2D eigenvalue weighted by Gasteiger charge is -2.27. The second-order valence-corrected chi connectivity index (χ2v) is 9.16. The van der Waals surface area contributed by atoms with Crippen molar-refractivity contribution in [3.63, 3.8) is 0 Å². The van der Waals surface area contributed by atoms with Gasteiger partial charge in [0.25, 0.3) is 0 Å². The summed E-state index contributed by atoms with van der Waals surface area (Å²) in [6.45, 7) is 2.19. The number of amides is 1. The zero-order chi connectivity index (χ0) is 20.1. The minimum Gasteiger partial charge on any atom is -0.339 e. The molecular formula is C19H28Cl3N3OS. The molecule has 1 aromatic carbocycles. The van der Waals surface area contributed by atoms with Gasteiger partial charge in [0.15, 0.2) is 5.11 Å². The Hall–Kier alpha value is -0.750. The van der Waals surface area contributed by atoms with Crippen molar-refractivity contribution in [3.05, 3.63) is 30.3 Å². The van der Waals surface area contributed by atoms with Gasteiger partial charge in [0.2, 0.25) is 9.70 Å². The fourth-order valence-electron chi connectivity index (χ4n) is 2.50. The fraction of sp³-hybridized carbons (Fsp3) is 0.579. The number of hydrogen-bond donors (Lipinski definition) is 3. The van der Waals surface area contributed by atoms with Gasteiger partial charge >= 0.3 is 0 Å². The summed E-state index contributed by atoms with van der Waals surface area (Å²) < 4.78 is -1.74. The molecular weight excluding hydrogens is 425 g/mol. The first-order valence-corrected chi connectivity index (χ1v) is 10.9. The number of thiocarbonyl (C=S) groups is 1.